The normalized spacial score (nSPS) is 16.2. The molecule has 0 heterocycles. The molecule has 0 aromatic carbocycles. The average Bonchev–Trinajstić information content (AvgIpc) is 2.77. The van der Waals surface area contributed by atoms with E-state index in [1.54, 1.807) is 6.08 Å². The van der Waals surface area contributed by atoms with Gasteiger partial charge in [0.15, 0.2) is 0 Å². The highest BCUT2D eigenvalue weighted by atomic mass is 31.2. The minimum Gasteiger partial charge on any atom is -0.387 e. The first-order valence-corrected chi connectivity index (χ1v) is 14.3. The molecule has 3 unspecified atom stereocenters. The number of hydrogen-bond acceptors (Lipinski definition) is 5. The zero-order valence-electron chi connectivity index (χ0n) is 22.5. The molecule has 0 spiro atoms. The average molecular weight is 518 g/mol. The van der Waals surface area contributed by atoms with Crippen LogP contribution in [-0.2, 0) is 18.4 Å². The number of nitrogens with zero attached hydrogens (tertiary/aromatic N) is 1. The minimum atomic E-state index is -4.31. The highest BCUT2D eigenvalue weighted by molar-refractivity contribution is 7.47. The summed E-state index contributed by atoms with van der Waals surface area (Å²) in [6.07, 6.45) is 18.6. The van der Waals surface area contributed by atoms with Crippen molar-refractivity contribution in [3.05, 3.63) is 36.5 Å². The number of carbonyl (C=O) groups is 1. The van der Waals surface area contributed by atoms with E-state index in [2.05, 4.69) is 30.5 Å². The number of phosphoric acid groups is 1. The predicted octanol–water partition coefficient (Wildman–Crippen LogP) is 4.89. The maximum absolute atomic E-state index is 12.4. The molecule has 204 valence electrons. The van der Waals surface area contributed by atoms with Crippen LogP contribution in [0.2, 0.25) is 0 Å². The van der Waals surface area contributed by atoms with Crippen molar-refractivity contribution in [1.29, 1.82) is 0 Å². The second-order valence-corrected chi connectivity index (χ2v) is 11.2. The summed E-state index contributed by atoms with van der Waals surface area (Å²) in [7, 11) is 1.53. The van der Waals surface area contributed by atoms with Crippen molar-refractivity contribution in [2.24, 2.45) is 0 Å². The topological polar surface area (TPSA) is 105 Å². The van der Waals surface area contributed by atoms with E-state index < -0.39 is 20.0 Å². The summed E-state index contributed by atoms with van der Waals surface area (Å²) in [6, 6.07) is -0.858. The maximum atomic E-state index is 12.4. The van der Waals surface area contributed by atoms with Crippen molar-refractivity contribution in [2.75, 3.05) is 40.9 Å². The Morgan fingerprint density at radius 2 is 1.63 bits per heavy atom. The van der Waals surface area contributed by atoms with Gasteiger partial charge in [-0.25, -0.2) is 4.57 Å². The Hall–Kier alpha value is -1.28. The standard InChI is InChI=1S/C26H49N2O6P/c1-6-8-10-12-13-14-15-16-17-19-25(29)24(27-26(30)20-18-11-9-7-2)23-34-35(31,32)33-22-21-28(3,4)5/h6,8,13-14,17,19,24-25,29H,7,9-12,15-16,18,20-23H2,1-5H3,(H-,27,30,31,32)/p+1/b8-6+,14-13+,19-17+. The molecule has 0 aliphatic rings. The summed E-state index contributed by atoms with van der Waals surface area (Å²) in [4.78, 5) is 22.4. The van der Waals surface area contributed by atoms with Crippen LogP contribution in [0, 0.1) is 0 Å². The largest absolute Gasteiger partial charge is 0.472 e. The summed E-state index contributed by atoms with van der Waals surface area (Å²) < 4.78 is 23.0. The number of unbranched alkanes of at least 4 members (excludes halogenated alkanes) is 5. The van der Waals surface area contributed by atoms with Crippen molar-refractivity contribution in [3.63, 3.8) is 0 Å². The Kier molecular flexibility index (Phi) is 19.1. The fraction of sp³-hybridized carbons (Fsp3) is 0.731. The van der Waals surface area contributed by atoms with Crippen molar-refractivity contribution in [3.8, 4) is 0 Å². The van der Waals surface area contributed by atoms with Crippen LogP contribution < -0.4 is 5.32 Å². The molecule has 0 bridgehead atoms. The molecule has 35 heavy (non-hydrogen) atoms. The Labute approximate surface area is 213 Å². The lowest BCUT2D eigenvalue weighted by Crippen LogP contribution is -2.45. The molecule has 3 N–H and O–H groups in total. The first-order chi connectivity index (χ1) is 16.5. The third kappa shape index (κ3) is 21.7. The van der Waals surface area contributed by atoms with Crippen LogP contribution in [0.1, 0.15) is 71.6 Å². The van der Waals surface area contributed by atoms with Gasteiger partial charge in [-0.3, -0.25) is 13.8 Å². The first kappa shape index (κ1) is 33.7. The van der Waals surface area contributed by atoms with Crippen LogP contribution in [0.3, 0.4) is 0 Å². The van der Waals surface area contributed by atoms with Crippen molar-refractivity contribution in [1.82, 2.24) is 5.32 Å². The summed E-state index contributed by atoms with van der Waals surface area (Å²) in [5, 5.41) is 13.4. The van der Waals surface area contributed by atoms with Crippen LogP contribution in [0.25, 0.3) is 0 Å². The Morgan fingerprint density at radius 3 is 2.23 bits per heavy atom. The van der Waals surface area contributed by atoms with E-state index >= 15 is 0 Å². The van der Waals surface area contributed by atoms with E-state index in [-0.39, 0.29) is 19.1 Å². The third-order valence-corrected chi connectivity index (χ3v) is 6.17. The van der Waals surface area contributed by atoms with Gasteiger partial charge in [-0.1, -0.05) is 62.6 Å². The number of phosphoric ester groups is 1. The fourth-order valence-corrected chi connectivity index (χ4v) is 3.75. The van der Waals surface area contributed by atoms with Crippen LogP contribution in [0.15, 0.2) is 36.5 Å². The smallest absolute Gasteiger partial charge is 0.387 e. The van der Waals surface area contributed by atoms with Gasteiger partial charge < -0.3 is 19.8 Å². The summed E-state index contributed by atoms with van der Waals surface area (Å²) in [6.45, 7) is 4.35. The number of allylic oxidation sites excluding steroid dienone is 5. The van der Waals surface area contributed by atoms with Gasteiger partial charge in [0.2, 0.25) is 5.91 Å². The van der Waals surface area contributed by atoms with Gasteiger partial charge in [-0.05, 0) is 39.0 Å². The van der Waals surface area contributed by atoms with E-state index in [9.17, 15) is 19.4 Å². The number of rotatable bonds is 21. The number of aliphatic hydroxyl groups excluding tert-OH is 1. The molecule has 0 fully saturated rings. The molecule has 3 atom stereocenters. The van der Waals surface area contributed by atoms with Crippen LogP contribution in [0.4, 0.5) is 0 Å². The lowest BCUT2D eigenvalue weighted by Gasteiger charge is -2.25. The van der Waals surface area contributed by atoms with E-state index in [4.69, 9.17) is 9.05 Å². The number of nitrogens with one attached hydrogen (secondary N) is 1. The molecule has 0 aromatic heterocycles. The van der Waals surface area contributed by atoms with E-state index in [1.165, 1.54) is 0 Å². The zero-order valence-corrected chi connectivity index (χ0v) is 23.4. The van der Waals surface area contributed by atoms with Gasteiger partial charge in [0.05, 0.1) is 39.9 Å². The quantitative estimate of drug-likeness (QED) is 0.0867. The van der Waals surface area contributed by atoms with E-state index in [0.717, 1.165) is 51.4 Å². The molecular formula is C26H50N2O6P+. The third-order valence-electron chi connectivity index (χ3n) is 5.19. The van der Waals surface area contributed by atoms with Gasteiger partial charge in [-0.2, -0.15) is 0 Å². The fourth-order valence-electron chi connectivity index (χ4n) is 3.02. The highest BCUT2D eigenvalue weighted by Crippen LogP contribution is 2.43. The number of carbonyl (C=O) groups excluding carboxylic acids is 1. The van der Waals surface area contributed by atoms with E-state index in [0.29, 0.717) is 17.4 Å². The van der Waals surface area contributed by atoms with Crippen LogP contribution in [-0.4, -0.2) is 73.4 Å². The molecule has 0 aliphatic carbocycles. The lowest BCUT2D eigenvalue weighted by molar-refractivity contribution is -0.870. The van der Waals surface area contributed by atoms with Gasteiger partial charge in [0.25, 0.3) is 0 Å². The Balaban J connectivity index is 4.82. The molecule has 8 nitrogen and oxygen atoms in total. The number of quaternary nitrogens is 1. The summed E-state index contributed by atoms with van der Waals surface area (Å²) in [5.41, 5.74) is 0. The van der Waals surface area contributed by atoms with Crippen molar-refractivity contribution >= 4 is 13.7 Å². The number of hydrogen-bond donors (Lipinski definition) is 3. The molecular weight excluding hydrogens is 467 g/mol. The maximum Gasteiger partial charge on any atom is 0.472 e. The zero-order chi connectivity index (χ0) is 26.6. The summed E-state index contributed by atoms with van der Waals surface area (Å²) >= 11 is 0. The van der Waals surface area contributed by atoms with E-state index in [1.807, 2.05) is 40.2 Å². The monoisotopic (exact) mass is 517 g/mol. The number of amides is 1. The Bertz CT molecular complexity index is 688. The second-order valence-electron chi connectivity index (χ2n) is 9.71. The lowest BCUT2D eigenvalue weighted by atomic mass is 10.1. The molecule has 0 rings (SSSR count). The number of aliphatic hydroxyl groups is 1. The van der Waals surface area contributed by atoms with Gasteiger partial charge in [0, 0.05) is 6.42 Å². The minimum absolute atomic E-state index is 0.0520. The number of likely N-dealkylation sites (N-methyl/N-ethyl adjacent to an activating group) is 1. The highest BCUT2D eigenvalue weighted by Gasteiger charge is 2.27. The van der Waals surface area contributed by atoms with Crippen LogP contribution in [0.5, 0.6) is 0 Å². The van der Waals surface area contributed by atoms with Gasteiger partial charge >= 0.3 is 7.82 Å². The molecule has 9 heteroatoms. The molecule has 0 aliphatic heterocycles. The van der Waals surface area contributed by atoms with Gasteiger partial charge in [0.1, 0.15) is 13.2 Å². The van der Waals surface area contributed by atoms with Crippen molar-refractivity contribution < 1.29 is 32.9 Å². The second kappa shape index (κ2) is 19.9. The van der Waals surface area contributed by atoms with Gasteiger partial charge in [-0.15, -0.1) is 0 Å². The predicted molar refractivity (Wildman–Crippen MR) is 143 cm³/mol. The SMILES string of the molecule is C/C=C/CC/C=C/CC/C=C/C(O)C(COP(=O)(O)OCC[N+](C)(C)C)NC(=O)CCCCCC. The summed E-state index contributed by atoms with van der Waals surface area (Å²) in [5.74, 6) is -0.218. The van der Waals surface area contributed by atoms with Crippen molar-refractivity contribution in [2.45, 2.75) is 83.8 Å². The van der Waals surface area contributed by atoms with Crippen LogP contribution >= 0.6 is 7.82 Å². The molecule has 0 saturated carbocycles. The first-order valence-electron chi connectivity index (χ1n) is 12.8. The molecule has 0 radical (unpaired) electrons. The Morgan fingerprint density at radius 1 is 1.00 bits per heavy atom. The molecule has 0 aromatic rings. The molecule has 0 saturated heterocycles. The molecule has 1 amide bonds.